The molecule has 0 bridgehead atoms. The molecule has 0 aliphatic heterocycles. The topological polar surface area (TPSA) is 94.3 Å². The van der Waals surface area contributed by atoms with Gasteiger partial charge in [0.2, 0.25) is 0 Å². The molecule has 0 unspecified atom stereocenters. The first-order chi connectivity index (χ1) is 9.54. The third-order valence-corrected chi connectivity index (χ3v) is 3.93. The molecule has 0 fully saturated rings. The Hall–Kier alpha value is -2.28. The van der Waals surface area contributed by atoms with Crippen LogP contribution in [0.4, 0.5) is 11.5 Å². The van der Waals surface area contributed by atoms with Gasteiger partial charge in [0.25, 0.3) is 10.0 Å². The first kappa shape index (κ1) is 14.1. The van der Waals surface area contributed by atoms with Crippen molar-refractivity contribution in [2.45, 2.75) is 11.8 Å². The molecule has 1 aromatic carbocycles. The van der Waals surface area contributed by atoms with E-state index in [0.29, 0.717) is 18.0 Å². The second kappa shape index (κ2) is 5.79. The number of para-hydroxylation sites is 2. The van der Waals surface area contributed by atoms with E-state index in [1.165, 1.54) is 18.3 Å². The highest BCUT2D eigenvalue weighted by Crippen LogP contribution is 2.27. The fourth-order valence-electron chi connectivity index (χ4n) is 1.66. The van der Waals surface area contributed by atoms with Gasteiger partial charge in [-0.2, -0.15) is 0 Å². The average molecular weight is 293 g/mol. The van der Waals surface area contributed by atoms with Crippen LogP contribution in [-0.4, -0.2) is 20.0 Å². The van der Waals surface area contributed by atoms with E-state index < -0.39 is 10.0 Å². The number of rotatable bonds is 5. The molecule has 2 rings (SSSR count). The van der Waals surface area contributed by atoms with Crippen molar-refractivity contribution in [2.24, 2.45) is 0 Å². The summed E-state index contributed by atoms with van der Waals surface area (Å²) in [5.41, 5.74) is 5.95. The Kier molecular flexibility index (Phi) is 4.09. The Labute approximate surface area is 117 Å². The number of hydrogen-bond acceptors (Lipinski definition) is 5. The van der Waals surface area contributed by atoms with Crippen LogP contribution >= 0.6 is 0 Å². The third-order valence-electron chi connectivity index (χ3n) is 2.52. The van der Waals surface area contributed by atoms with Crippen LogP contribution in [0.25, 0.3) is 0 Å². The van der Waals surface area contributed by atoms with E-state index in [0.717, 1.165) is 0 Å². The van der Waals surface area contributed by atoms with Crippen LogP contribution in [0.3, 0.4) is 0 Å². The van der Waals surface area contributed by atoms with Gasteiger partial charge in [0.1, 0.15) is 16.5 Å². The SMILES string of the molecule is CCOc1ccccc1NS(=O)(=O)c1cccnc1N. The highest BCUT2D eigenvalue weighted by atomic mass is 32.2. The molecule has 0 radical (unpaired) electrons. The quantitative estimate of drug-likeness (QED) is 0.877. The van der Waals surface area contributed by atoms with Gasteiger partial charge in [-0.3, -0.25) is 4.72 Å². The molecule has 0 aliphatic rings. The molecule has 7 heteroatoms. The maximum Gasteiger partial charge on any atom is 0.265 e. The summed E-state index contributed by atoms with van der Waals surface area (Å²) < 4.78 is 32.4. The summed E-state index contributed by atoms with van der Waals surface area (Å²) in [4.78, 5) is 3.71. The lowest BCUT2D eigenvalue weighted by Crippen LogP contribution is -2.16. The minimum atomic E-state index is -3.80. The molecule has 0 amide bonds. The van der Waals surface area contributed by atoms with E-state index in [1.54, 1.807) is 24.3 Å². The standard InChI is InChI=1S/C13H15N3O3S/c1-2-19-11-7-4-3-6-10(11)16-20(17,18)12-8-5-9-15-13(12)14/h3-9,16H,2H2,1H3,(H2,14,15). The molecular formula is C13H15N3O3S. The van der Waals surface area contributed by atoms with Crippen LogP contribution in [0.5, 0.6) is 5.75 Å². The van der Waals surface area contributed by atoms with Crippen molar-refractivity contribution in [1.82, 2.24) is 4.98 Å². The van der Waals surface area contributed by atoms with Gasteiger partial charge in [0, 0.05) is 6.20 Å². The summed E-state index contributed by atoms with van der Waals surface area (Å²) in [6, 6.07) is 9.70. The van der Waals surface area contributed by atoms with Gasteiger partial charge < -0.3 is 10.5 Å². The van der Waals surface area contributed by atoms with Crippen LogP contribution in [0.15, 0.2) is 47.5 Å². The molecule has 2 aromatic rings. The number of sulfonamides is 1. The third kappa shape index (κ3) is 3.00. The summed E-state index contributed by atoms with van der Waals surface area (Å²) >= 11 is 0. The smallest absolute Gasteiger partial charge is 0.265 e. The number of nitrogens with one attached hydrogen (secondary N) is 1. The van der Waals surface area contributed by atoms with Crippen molar-refractivity contribution in [1.29, 1.82) is 0 Å². The van der Waals surface area contributed by atoms with Gasteiger partial charge in [0.15, 0.2) is 0 Å². The largest absolute Gasteiger partial charge is 0.492 e. The van der Waals surface area contributed by atoms with Gasteiger partial charge in [-0.05, 0) is 31.2 Å². The lowest BCUT2D eigenvalue weighted by atomic mass is 10.3. The van der Waals surface area contributed by atoms with Crippen LogP contribution in [0, 0.1) is 0 Å². The first-order valence-electron chi connectivity index (χ1n) is 5.99. The van der Waals surface area contributed by atoms with Crippen molar-refractivity contribution in [3.63, 3.8) is 0 Å². The number of aromatic nitrogens is 1. The fraction of sp³-hybridized carbons (Fsp3) is 0.154. The lowest BCUT2D eigenvalue weighted by Gasteiger charge is -2.13. The molecule has 3 N–H and O–H groups in total. The fourth-order valence-corrected chi connectivity index (χ4v) is 2.82. The molecular weight excluding hydrogens is 278 g/mol. The van der Waals surface area contributed by atoms with Gasteiger partial charge >= 0.3 is 0 Å². The minimum Gasteiger partial charge on any atom is -0.492 e. The summed E-state index contributed by atoms with van der Waals surface area (Å²) in [5.74, 6) is 0.412. The van der Waals surface area contributed by atoms with Crippen molar-refractivity contribution in [3.05, 3.63) is 42.6 Å². The zero-order valence-electron chi connectivity index (χ0n) is 10.9. The molecule has 0 saturated carbocycles. The van der Waals surface area contributed by atoms with Crippen LogP contribution in [0.1, 0.15) is 6.92 Å². The maximum atomic E-state index is 12.3. The normalized spacial score (nSPS) is 11.1. The Bertz CT molecular complexity index is 702. The van der Waals surface area contributed by atoms with Crippen molar-refractivity contribution in [3.8, 4) is 5.75 Å². The Balaban J connectivity index is 2.37. The minimum absolute atomic E-state index is 0.0473. The second-order valence-corrected chi connectivity index (χ2v) is 5.57. The van der Waals surface area contributed by atoms with E-state index in [2.05, 4.69) is 9.71 Å². The van der Waals surface area contributed by atoms with Crippen LogP contribution in [-0.2, 0) is 10.0 Å². The van der Waals surface area contributed by atoms with E-state index >= 15 is 0 Å². The molecule has 20 heavy (non-hydrogen) atoms. The molecule has 1 heterocycles. The molecule has 0 aliphatic carbocycles. The first-order valence-corrected chi connectivity index (χ1v) is 7.48. The van der Waals surface area contributed by atoms with Crippen molar-refractivity contribution >= 4 is 21.5 Å². The number of ether oxygens (including phenoxy) is 1. The molecule has 6 nitrogen and oxygen atoms in total. The Morgan fingerprint density at radius 1 is 1.25 bits per heavy atom. The number of hydrogen-bond donors (Lipinski definition) is 2. The predicted octanol–water partition coefficient (Wildman–Crippen LogP) is 1.86. The number of nitrogens with zero attached hydrogens (tertiary/aromatic N) is 1. The summed E-state index contributed by atoms with van der Waals surface area (Å²) in [6.45, 7) is 2.26. The molecule has 1 aromatic heterocycles. The van der Waals surface area contributed by atoms with E-state index in [9.17, 15) is 8.42 Å². The predicted molar refractivity (Wildman–Crippen MR) is 77.1 cm³/mol. The van der Waals surface area contributed by atoms with Gasteiger partial charge in [0.05, 0.1) is 12.3 Å². The molecule has 0 atom stereocenters. The number of anilines is 2. The van der Waals surface area contributed by atoms with Crippen molar-refractivity contribution in [2.75, 3.05) is 17.1 Å². The summed E-state index contributed by atoms with van der Waals surface area (Å²) in [6.07, 6.45) is 1.43. The zero-order valence-corrected chi connectivity index (χ0v) is 11.7. The van der Waals surface area contributed by atoms with Crippen molar-refractivity contribution < 1.29 is 13.2 Å². The maximum absolute atomic E-state index is 12.3. The zero-order chi connectivity index (χ0) is 14.6. The summed E-state index contributed by atoms with van der Waals surface area (Å²) in [5, 5.41) is 0. The molecule has 0 saturated heterocycles. The molecule has 0 spiro atoms. The highest BCUT2D eigenvalue weighted by Gasteiger charge is 2.19. The second-order valence-electron chi connectivity index (χ2n) is 3.92. The monoisotopic (exact) mass is 293 g/mol. The Morgan fingerprint density at radius 2 is 2.00 bits per heavy atom. The van der Waals surface area contributed by atoms with Gasteiger partial charge in [-0.15, -0.1) is 0 Å². The number of benzene rings is 1. The number of nitrogen functional groups attached to an aromatic ring is 1. The van der Waals surface area contributed by atoms with E-state index in [1.807, 2.05) is 6.92 Å². The van der Waals surface area contributed by atoms with Gasteiger partial charge in [-0.1, -0.05) is 12.1 Å². The van der Waals surface area contributed by atoms with E-state index in [4.69, 9.17) is 10.5 Å². The highest BCUT2D eigenvalue weighted by molar-refractivity contribution is 7.92. The molecule has 106 valence electrons. The summed E-state index contributed by atoms with van der Waals surface area (Å²) in [7, 11) is -3.80. The van der Waals surface area contributed by atoms with E-state index in [-0.39, 0.29) is 10.7 Å². The van der Waals surface area contributed by atoms with Gasteiger partial charge in [-0.25, -0.2) is 13.4 Å². The van der Waals surface area contributed by atoms with Crippen LogP contribution in [0.2, 0.25) is 0 Å². The number of nitrogens with two attached hydrogens (primary N) is 1. The lowest BCUT2D eigenvalue weighted by molar-refractivity contribution is 0.342. The Morgan fingerprint density at radius 3 is 2.70 bits per heavy atom. The number of pyridine rings is 1. The average Bonchev–Trinajstić information content (AvgIpc) is 2.41. The van der Waals surface area contributed by atoms with Crippen LogP contribution < -0.4 is 15.2 Å².